The fraction of sp³-hybridized carbons (Fsp3) is 0.533. The number of hydrogen-bond acceptors (Lipinski definition) is 3. The van der Waals surface area contributed by atoms with Crippen molar-refractivity contribution in [2.45, 2.75) is 33.1 Å². The minimum absolute atomic E-state index is 0.163. The predicted octanol–water partition coefficient (Wildman–Crippen LogP) is 3.56. The monoisotopic (exact) mass is 339 g/mol. The minimum Gasteiger partial charge on any atom is -0.409 e. The molecular formula is C15H22BrN3O. The van der Waals surface area contributed by atoms with Crippen molar-refractivity contribution in [2.24, 2.45) is 16.3 Å². The van der Waals surface area contributed by atoms with E-state index in [4.69, 9.17) is 10.9 Å². The zero-order valence-corrected chi connectivity index (χ0v) is 13.7. The van der Waals surface area contributed by atoms with Gasteiger partial charge in [0.2, 0.25) is 0 Å². The summed E-state index contributed by atoms with van der Waals surface area (Å²) in [5.41, 5.74) is 8.06. The van der Waals surface area contributed by atoms with Gasteiger partial charge in [-0.3, -0.25) is 0 Å². The first kappa shape index (κ1) is 15.2. The van der Waals surface area contributed by atoms with Crippen molar-refractivity contribution < 1.29 is 5.21 Å². The number of hydrogen-bond donors (Lipinski definition) is 2. The van der Waals surface area contributed by atoms with Gasteiger partial charge in [0.15, 0.2) is 5.84 Å². The van der Waals surface area contributed by atoms with Gasteiger partial charge in [-0.05, 0) is 36.5 Å². The van der Waals surface area contributed by atoms with Crippen molar-refractivity contribution in [1.29, 1.82) is 0 Å². The van der Waals surface area contributed by atoms with Gasteiger partial charge in [0.1, 0.15) is 0 Å². The van der Waals surface area contributed by atoms with Crippen LogP contribution in [0.25, 0.3) is 0 Å². The summed E-state index contributed by atoms with van der Waals surface area (Å²) in [7, 11) is 0. The fourth-order valence-electron chi connectivity index (χ4n) is 2.68. The predicted molar refractivity (Wildman–Crippen MR) is 86.5 cm³/mol. The number of halogens is 1. The average Bonchev–Trinajstić information content (AvgIpc) is 2.47. The molecule has 4 nitrogen and oxygen atoms in total. The maximum atomic E-state index is 8.93. The second kappa shape index (κ2) is 6.04. The van der Waals surface area contributed by atoms with Crippen molar-refractivity contribution in [3.05, 3.63) is 28.2 Å². The first-order chi connectivity index (χ1) is 9.49. The summed E-state index contributed by atoms with van der Waals surface area (Å²) < 4.78 is 1.01. The van der Waals surface area contributed by atoms with Gasteiger partial charge in [0, 0.05) is 28.8 Å². The molecule has 0 aromatic heterocycles. The summed E-state index contributed by atoms with van der Waals surface area (Å²) >= 11 is 3.50. The Morgan fingerprint density at radius 2 is 2.10 bits per heavy atom. The Kier molecular flexibility index (Phi) is 4.58. The minimum atomic E-state index is 0.163. The highest BCUT2D eigenvalue weighted by atomic mass is 79.9. The molecule has 0 bridgehead atoms. The molecule has 1 heterocycles. The van der Waals surface area contributed by atoms with E-state index in [-0.39, 0.29) is 5.84 Å². The Balaban J connectivity index is 2.27. The lowest BCUT2D eigenvalue weighted by Crippen LogP contribution is -2.39. The van der Waals surface area contributed by atoms with Crippen LogP contribution in [0.1, 0.15) is 38.7 Å². The summed E-state index contributed by atoms with van der Waals surface area (Å²) in [6.07, 6.45) is 3.56. The largest absolute Gasteiger partial charge is 0.409 e. The highest BCUT2D eigenvalue weighted by Gasteiger charge is 2.29. The van der Waals surface area contributed by atoms with Crippen molar-refractivity contribution in [1.82, 2.24) is 0 Å². The quantitative estimate of drug-likeness (QED) is 0.383. The van der Waals surface area contributed by atoms with Crippen molar-refractivity contribution >= 4 is 27.5 Å². The number of oxime groups is 1. The molecule has 0 unspecified atom stereocenters. The molecule has 1 aliphatic rings. The summed E-state index contributed by atoms with van der Waals surface area (Å²) in [6.45, 7) is 6.63. The normalized spacial score (nSPS) is 19.1. The Hall–Kier alpha value is -1.23. The lowest BCUT2D eigenvalue weighted by Gasteiger charge is -2.40. The molecule has 110 valence electrons. The third-order valence-corrected chi connectivity index (χ3v) is 5.00. The third-order valence-electron chi connectivity index (χ3n) is 4.51. The third kappa shape index (κ3) is 3.08. The van der Waals surface area contributed by atoms with Gasteiger partial charge in [-0.2, -0.15) is 0 Å². The van der Waals surface area contributed by atoms with Crippen LogP contribution >= 0.6 is 15.9 Å². The van der Waals surface area contributed by atoms with Crippen LogP contribution in [-0.4, -0.2) is 24.1 Å². The standard InChI is InChI=1S/C15H22BrN3O/c1-3-15(2)6-8-19(9-7-15)13-10-11(16)4-5-12(13)14(17)18-20/h4-5,10,20H,3,6-9H2,1-2H3,(H2,17,18). The topological polar surface area (TPSA) is 61.8 Å². The smallest absolute Gasteiger partial charge is 0.172 e. The lowest BCUT2D eigenvalue weighted by molar-refractivity contribution is 0.238. The number of anilines is 1. The van der Waals surface area contributed by atoms with Gasteiger partial charge in [0.05, 0.1) is 0 Å². The second-order valence-corrected chi connectivity index (χ2v) is 6.71. The van der Waals surface area contributed by atoms with E-state index >= 15 is 0 Å². The molecule has 0 radical (unpaired) electrons. The van der Waals surface area contributed by atoms with E-state index in [0.717, 1.165) is 28.8 Å². The maximum absolute atomic E-state index is 8.93. The average molecular weight is 340 g/mol. The van der Waals surface area contributed by atoms with Crippen LogP contribution in [0.3, 0.4) is 0 Å². The molecule has 20 heavy (non-hydrogen) atoms. The van der Waals surface area contributed by atoms with E-state index in [1.165, 1.54) is 19.3 Å². The Bertz CT molecular complexity index is 508. The summed E-state index contributed by atoms with van der Waals surface area (Å²) in [4.78, 5) is 2.33. The van der Waals surface area contributed by atoms with Crippen molar-refractivity contribution in [3.8, 4) is 0 Å². The number of amidine groups is 1. The molecule has 1 fully saturated rings. The van der Waals surface area contributed by atoms with Crippen LogP contribution in [0.2, 0.25) is 0 Å². The number of piperidine rings is 1. The van der Waals surface area contributed by atoms with E-state index in [0.29, 0.717) is 5.41 Å². The number of nitrogens with zero attached hydrogens (tertiary/aromatic N) is 2. The number of rotatable bonds is 3. The molecular weight excluding hydrogens is 318 g/mol. The molecule has 1 aromatic rings. The highest BCUT2D eigenvalue weighted by molar-refractivity contribution is 9.10. The Morgan fingerprint density at radius 3 is 2.65 bits per heavy atom. The zero-order chi connectivity index (χ0) is 14.8. The number of nitrogens with two attached hydrogens (primary N) is 1. The van der Waals surface area contributed by atoms with Crippen LogP contribution in [0.5, 0.6) is 0 Å². The first-order valence-corrected chi connectivity index (χ1v) is 7.81. The molecule has 0 aliphatic carbocycles. The molecule has 0 atom stereocenters. The van der Waals surface area contributed by atoms with Crippen LogP contribution < -0.4 is 10.6 Å². The van der Waals surface area contributed by atoms with Crippen LogP contribution in [0.4, 0.5) is 5.69 Å². The van der Waals surface area contributed by atoms with E-state index in [1.54, 1.807) is 0 Å². The second-order valence-electron chi connectivity index (χ2n) is 5.80. The van der Waals surface area contributed by atoms with E-state index in [1.807, 2.05) is 18.2 Å². The van der Waals surface area contributed by atoms with Gasteiger partial charge in [0.25, 0.3) is 0 Å². The van der Waals surface area contributed by atoms with Crippen LogP contribution in [0.15, 0.2) is 27.8 Å². The van der Waals surface area contributed by atoms with Gasteiger partial charge in [-0.15, -0.1) is 0 Å². The van der Waals surface area contributed by atoms with Gasteiger partial charge < -0.3 is 15.8 Å². The van der Waals surface area contributed by atoms with E-state index < -0.39 is 0 Å². The molecule has 0 amide bonds. The molecule has 0 spiro atoms. The van der Waals surface area contributed by atoms with E-state index in [2.05, 4.69) is 39.8 Å². The van der Waals surface area contributed by atoms with E-state index in [9.17, 15) is 0 Å². The molecule has 1 aromatic carbocycles. The van der Waals surface area contributed by atoms with Gasteiger partial charge >= 0.3 is 0 Å². The Morgan fingerprint density at radius 1 is 1.45 bits per heavy atom. The molecule has 1 aliphatic heterocycles. The first-order valence-electron chi connectivity index (χ1n) is 7.01. The number of benzene rings is 1. The highest BCUT2D eigenvalue weighted by Crippen LogP contribution is 2.37. The maximum Gasteiger partial charge on any atom is 0.172 e. The molecule has 0 saturated carbocycles. The zero-order valence-electron chi connectivity index (χ0n) is 12.1. The molecule has 3 N–H and O–H groups in total. The Labute approximate surface area is 128 Å². The SMILES string of the molecule is CCC1(C)CCN(c2cc(Br)ccc2/C(N)=N/O)CC1. The molecule has 2 rings (SSSR count). The lowest BCUT2D eigenvalue weighted by atomic mass is 9.78. The molecule has 1 saturated heterocycles. The van der Waals surface area contributed by atoms with Crippen molar-refractivity contribution in [3.63, 3.8) is 0 Å². The summed E-state index contributed by atoms with van der Waals surface area (Å²) in [5, 5.41) is 12.1. The summed E-state index contributed by atoms with van der Waals surface area (Å²) in [6, 6.07) is 5.85. The van der Waals surface area contributed by atoms with Crippen LogP contribution in [-0.2, 0) is 0 Å². The van der Waals surface area contributed by atoms with Gasteiger partial charge in [-0.25, -0.2) is 0 Å². The molecule has 5 heteroatoms. The van der Waals surface area contributed by atoms with Crippen LogP contribution in [0, 0.1) is 5.41 Å². The summed E-state index contributed by atoms with van der Waals surface area (Å²) in [5.74, 6) is 0.163. The fourth-order valence-corrected chi connectivity index (χ4v) is 3.03. The van der Waals surface area contributed by atoms with Gasteiger partial charge in [-0.1, -0.05) is 41.4 Å². The van der Waals surface area contributed by atoms with Crippen molar-refractivity contribution in [2.75, 3.05) is 18.0 Å².